The van der Waals surface area contributed by atoms with E-state index in [1.807, 2.05) is 67.2 Å². The molecule has 3 aromatic heterocycles. The van der Waals surface area contributed by atoms with Crippen molar-refractivity contribution >= 4 is 23.4 Å². The fourth-order valence-corrected chi connectivity index (χ4v) is 4.18. The fourth-order valence-electron chi connectivity index (χ4n) is 3.07. The summed E-state index contributed by atoms with van der Waals surface area (Å²) in [6.07, 6.45) is 3.61. The van der Waals surface area contributed by atoms with Crippen molar-refractivity contribution in [2.24, 2.45) is 7.05 Å². The summed E-state index contributed by atoms with van der Waals surface area (Å²) in [7, 11) is 4.04. The van der Waals surface area contributed by atoms with Gasteiger partial charge in [0.15, 0.2) is 5.16 Å². The van der Waals surface area contributed by atoms with Crippen molar-refractivity contribution in [3.8, 4) is 11.3 Å². The first-order valence-electron chi connectivity index (χ1n) is 9.52. The minimum Gasteiger partial charge on any atom is -0.460 e. The molecule has 0 aliphatic rings. The molecular formula is C22H22ClN5OS. The SMILES string of the molecule is CN(Cc1ccc(-c2ccccc2Cl)o1)Cc1nnc(SCc2ccncc2)n1C. The van der Waals surface area contributed by atoms with Crippen LogP contribution in [0, 0.1) is 0 Å². The quantitative estimate of drug-likeness (QED) is 0.358. The van der Waals surface area contributed by atoms with Crippen LogP contribution < -0.4 is 0 Å². The molecule has 8 heteroatoms. The summed E-state index contributed by atoms with van der Waals surface area (Å²) in [6, 6.07) is 15.7. The lowest BCUT2D eigenvalue weighted by Crippen LogP contribution is -2.19. The zero-order chi connectivity index (χ0) is 20.9. The lowest BCUT2D eigenvalue weighted by molar-refractivity contribution is 0.279. The number of halogens is 1. The van der Waals surface area contributed by atoms with Gasteiger partial charge in [-0.25, -0.2) is 0 Å². The number of aromatic nitrogens is 4. The van der Waals surface area contributed by atoms with Crippen molar-refractivity contribution in [2.75, 3.05) is 7.05 Å². The van der Waals surface area contributed by atoms with Gasteiger partial charge in [0, 0.05) is 30.8 Å². The predicted octanol–water partition coefficient (Wildman–Crippen LogP) is 5.05. The molecule has 0 atom stereocenters. The Bertz CT molecular complexity index is 1110. The molecule has 154 valence electrons. The van der Waals surface area contributed by atoms with E-state index in [2.05, 4.69) is 20.1 Å². The number of nitrogens with zero attached hydrogens (tertiary/aromatic N) is 5. The number of furan rings is 1. The van der Waals surface area contributed by atoms with E-state index < -0.39 is 0 Å². The van der Waals surface area contributed by atoms with E-state index in [4.69, 9.17) is 16.0 Å². The number of hydrogen-bond acceptors (Lipinski definition) is 6. The molecule has 0 aliphatic carbocycles. The van der Waals surface area contributed by atoms with E-state index in [0.29, 0.717) is 18.1 Å². The normalized spacial score (nSPS) is 11.3. The molecule has 6 nitrogen and oxygen atoms in total. The average molecular weight is 440 g/mol. The van der Waals surface area contributed by atoms with Gasteiger partial charge in [0.25, 0.3) is 0 Å². The van der Waals surface area contributed by atoms with Gasteiger partial charge in [-0.15, -0.1) is 10.2 Å². The maximum atomic E-state index is 6.27. The van der Waals surface area contributed by atoms with E-state index in [0.717, 1.165) is 33.8 Å². The van der Waals surface area contributed by atoms with Crippen molar-refractivity contribution in [2.45, 2.75) is 24.0 Å². The summed E-state index contributed by atoms with van der Waals surface area (Å²) in [5, 5.41) is 10.3. The molecule has 0 spiro atoms. The smallest absolute Gasteiger partial charge is 0.191 e. The molecule has 3 heterocycles. The third kappa shape index (κ3) is 4.92. The summed E-state index contributed by atoms with van der Waals surface area (Å²) in [5.41, 5.74) is 2.11. The van der Waals surface area contributed by atoms with Gasteiger partial charge in [-0.2, -0.15) is 0 Å². The van der Waals surface area contributed by atoms with Crippen LogP contribution in [0.15, 0.2) is 70.5 Å². The first-order valence-corrected chi connectivity index (χ1v) is 10.9. The predicted molar refractivity (Wildman–Crippen MR) is 119 cm³/mol. The molecule has 0 N–H and O–H groups in total. The highest BCUT2D eigenvalue weighted by Crippen LogP contribution is 2.29. The third-order valence-electron chi connectivity index (χ3n) is 4.68. The van der Waals surface area contributed by atoms with Crippen LogP contribution in [0.25, 0.3) is 11.3 Å². The summed E-state index contributed by atoms with van der Waals surface area (Å²) < 4.78 is 8.05. The van der Waals surface area contributed by atoms with E-state index in [9.17, 15) is 0 Å². The zero-order valence-electron chi connectivity index (χ0n) is 16.8. The average Bonchev–Trinajstić information content (AvgIpc) is 3.35. The largest absolute Gasteiger partial charge is 0.460 e. The fraction of sp³-hybridized carbons (Fsp3) is 0.227. The zero-order valence-corrected chi connectivity index (χ0v) is 18.4. The van der Waals surface area contributed by atoms with Crippen LogP contribution in [0.2, 0.25) is 5.02 Å². The standard InChI is InChI=1S/C22H22ClN5OS/c1-27(13-17-7-8-20(29-17)18-5-3-4-6-19(18)23)14-21-25-26-22(28(21)2)30-15-16-9-11-24-12-10-16/h3-12H,13-15H2,1-2H3. The molecule has 0 fully saturated rings. The van der Waals surface area contributed by atoms with Crippen molar-refractivity contribution in [3.05, 3.63) is 83.1 Å². The maximum absolute atomic E-state index is 6.27. The van der Waals surface area contributed by atoms with Crippen LogP contribution in [-0.4, -0.2) is 31.7 Å². The molecule has 0 saturated heterocycles. The first kappa shape index (κ1) is 20.7. The van der Waals surface area contributed by atoms with Crippen molar-refractivity contribution in [3.63, 3.8) is 0 Å². The number of pyridine rings is 1. The summed E-state index contributed by atoms with van der Waals surface area (Å²) in [5.74, 6) is 3.40. The Hall–Kier alpha value is -2.61. The van der Waals surface area contributed by atoms with E-state index in [-0.39, 0.29) is 0 Å². The molecule has 0 radical (unpaired) electrons. The maximum Gasteiger partial charge on any atom is 0.191 e. The Morgan fingerprint density at radius 1 is 1.03 bits per heavy atom. The summed E-state index contributed by atoms with van der Waals surface area (Å²) in [6.45, 7) is 1.33. The van der Waals surface area contributed by atoms with Crippen LogP contribution in [0.4, 0.5) is 0 Å². The molecule has 4 rings (SSSR count). The van der Waals surface area contributed by atoms with E-state index in [1.165, 1.54) is 5.56 Å². The van der Waals surface area contributed by atoms with Crippen LogP contribution in [-0.2, 0) is 25.9 Å². The van der Waals surface area contributed by atoms with Gasteiger partial charge in [-0.05, 0) is 49.0 Å². The number of hydrogen-bond donors (Lipinski definition) is 0. The highest BCUT2D eigenvalue weighted by Gasteiger charge is 2.14. The summed E-state index contributed by atoms with van der Waals surface area (Å²) >= 11 is 7.94. The molecule has 0 unspecified atom stereocenters. The van der Waals surface area contributed by atoms with Gasteiger partial charge < -0.3 is 8.98 Å². The van der Waals surface area contributed by atoms with Gasteiger partial charge in [0.05, 0.1) is 18.1 Å². The molecule has 0 saturated carbocycles. The minimum absolute atomic E-state index is 0.663. The Balaban J connectivity index is 1.36. The summed E-state index contributed by atoms with van der Waals surface area (Å²) in [4.78, 5) is 6.20. The monoisotopic (exact) mass is 439 g/mol. The Labute approximate surface area is 184 Å². The molecule has 0 bridgehead atoms. The van der Waals surface area contributed by atoms with Crippen molar-refractivity contribution in [1.82, 2.24) is 24.6 Å². The van der Waals surface area contributed by atoms with Crippen LogP contribution in [0.5, 0.6) is 0 Å². The molecule has 0 amide bonds. The topological polar surface area (TPSA) is 60.0 Å². The molecule has 0 aliphatic heterocycles. The molecule has 30 heavy (non-hydrogen) atoms. The molecular weight excluding hydrogens is 418 g/mol. The van der Waals surface area contributed by atoms with Crippen molar-refractivity contribution in [1.29, 1.82) is 0 Å². The first-order chi connectivity index (χ1) is 14.6. The second-order valence-electron chi connectivity index (χ2n) is 7.02. The number of rotatable bonds is 8. The van der Waals surface area contributed by atoms with Gasteiger partial charge in [0.2, 0.25) is 0 Å². The van der Waals surface area contributed by atoms with Gasteiger partial charge in [-0.3, -0.25) is 9.88 Å². The number of thioether (sulfide) groups is 1. The second kappa shape index (κ2) is 9.47. The second-order valence-corrected chi connectivity index (χ2v) is 8.37. The molecule has 1 aromatic carbocycles. The molecule has 4 aromatic rings. The van der Waals surface area contributed by atoms with Crippen LogP contribution in [0.3, 0.4) is 0 Å². The highest BCUT2D eigenvalue weighted by molar-refractivity contribution is 7.98. The van der Waals surface area contributed by atoms with Gasteiger partial charge in [-0.1, -0.05) is 35.5 Å². The van der Waals surface area contributed by atoms with Crippen molar-refractivity contribution < 1.29 is 4.42 Å². The Kier molecular flexibility index (Phi) is 6.52. The number of benzene rings is 1. The lowest BCUT2D eigenvalue weighted by atomic mass is 10.2. The minimum atomic E-state index is 0.663. The third-order valence-corrected chi connectivity index (χ3v) is 6.10. The highest BCUT2D eigenvalue weighted by atomic mass is 35.5. The Morgan fingerprint density at radius 2 is 1.83 bits per heavy atom. The Morgan fingerprint density at radius 3 is 2.63 bits per heavy atom. The van der Waals surface area contributed by atoms with E-state index >= 15 is 0 Å². The van der Waals surface area contributed by atoms with E-state index in [1.54, 1.807) is 24.2 Å². The van der Waals surface area contributed by atoms with Crippen LogP contribution >= 0.6 is 23.4 Å². The lowest BCUT2D eigenvalue weighted by Gasteiger charge is -2.14. The van der Waals surface area contributed by atoms with Crippen LogP contribution in [0.1, 0.15) is 17.1 Å². The van der Waals surface area contributed by atoms with Gasteiger partial charge in [0.1, 0.15) is 17.3 Å². The van der Waals surface area contributed by atoms with Gasteiger partial charge >= 0.3 is 0 Å².